The molecule has 0 aromatic heterocycles. The first kappa shape index (κ1) is 40.2. The van der Waals surface area contributed by atoms with Crippen LogP contribution in [0.25, 0.3) is 0 Å². The maximum atomic E-state index is 13.5. The first-order chi connectivity index (χ1) is 23.6. The summed E-state index contributed by atoms with van der Waals surface area (Å²) >= 11 is 1.84. The number of urea groups is 1. The molecule has 276 valence electrons. The van der Waals surface area contributed by atoms with Crippen molar-refractivity contribution in [2.75, 3.05) is 65.2 Å². The number of carbonyl (C=O) groups is 4. The van der Waals surface area contributed by atoms with Gasteiger partial charge in [0.15, 0.2) is 11.6 Å². The predicted octanol–water partition coefficient (Wildman–Crippen LogP) is 2.34. The Bertz CT molecular complexity index is 1230. The third-order valence-corrected chi connectivity index (χ3v) is 9.05. The van der Waals surface area contributed by atoms with Crippen molar-refractivity contribution in [2.24, 2.45) is 0 Å². The molecule has 4 atom stereocenters. The molecule has 2 fully saturated rings. The van der Waals surface area contributed by atoms with E-state index >= 15 is 0 Å². The van der Waals surface area contributed by atoms with Gasteiger partial charge in [0, 0.05) is 30.0 Å². The van der Waals surface area contributed by atoms with Gasteiger partial charge in [0.2, 0.25) is 29.2 Å². The number of halogens is 4. The number of carbonyl (C=O) groups excluding carboxylic acids is 4. The van der Waals surface area contributed by atoms with Gasteiger partial charge in [0.25, 0.3) is 0 Å². The zero-order valence-electron chi connectivity index (χ0n) is 27.3. The quantitative estimate of drug-likeness (QED) is 0.0311. The van der Waals surface area contributed by atoms with Crippen molar-refractivity contribution in [1.29, 1.82) is 0 Å². The molecule has 2 heterocycles. The van der Waals surface area contributed by atoms with Crippen LogP contribution in [0.15, 0.2) is 6.07 Å². The van der Waals surface area contributed by atoms with Crippen LogP contribution in [0.2, 0.25) is 0 Å². The Morgan fingerprint density at radius 2 is 1.49 bits per heavy atom. The van der Waals surface area contributed by atoms with E-state index in [0.29, 0.717) is 37.7 Å². The van der Waals surface area contributed by atoms with Crippen molar-refractivity contribution >= 4 is 35.6 Å². The molecule has 1 aromatic carbocycles. The molecule has 3 rings (SSSR count). The summed E-state index contributed by atoms with van der Waals surface area (Å²) in [6.45, 7) is 3.59. The number of rotatable bonds is 24. The summed E-state index contributed by atoms with van der Waals surface area (Å²) in [5.41, 5.74) is 0. The minimum absolute atomic E-state index is 0.00914. The number of hydrogen-bond acceptors (Lipinski definition) is 10. The lowest BCUT2D eigenvalue weighted by atomic mass is 10.0. The minimum atomic E-state index is -1.81. The smallest absolute Gasteiger partial charge is 0.315 e. The maximum absolute atomic E-state index is 13.5. The van der Waals surface area contributed by atoms with Gasteiger partial charge in [-0.2, -0.15) is 20.5 Å². The second-order valence-corrected chi connectivity index (χ2v) is 12.4. The molecule has 2 aliphatic heterocycles. The van der Waals surface area contributed by atoms with Crippen LogP contribution in [-0.2, 0) is 33.3 Å². The fourth-order valence-electron chi connectivity index (χ4n) is 4.99. The Morgan fingerprint density at radius 1 is 0.878 bits per heavy atom. The molecule has 49 heavy (non-hydrogen) atoms. The zero-order valence-corrected chi connectivity index (χ0v) is 28.1. The van der Waals surface area contributed by atoms with E-state index in [0.717, 1.165) is 18.6 Å². The largest absolute Gasteiger partial charge is 0.420 e. The van der Waals surface area contributed by atoms with Gasteiger partial charge in [0.05, 0.1) is 71.4 Å². The topological polar surface area (TPSA) is 163 Å². The van der Waals surface area contributed by atoms with Crippen molar-refractivity contribution in [3.8, 4) is 5.75 Å². The summed E-state index contributed by atoms with van der Waals surface area (Å²) < 4.78 is 79.1. The number of nitrogens with one attached hydrogen (secondary N) is 4. The van der Waals surface area contributed by atoms with Gasteiger partial charge in [-0.1, -0.05) is 13.3 Å². The third kappa shape index (κ3) is 13.9. The molecule has 18 heteroatoms. The van der Waals surface area contributed by atoms with Crippen LogP contribution in [-0.4, -0.2) is 112 Å². The molecule has 0 spiro atoms. The number of fused-ring (bicyclic) bond motifs is 1. The highest BCUT2D eigenvalue weighted by Gasteiger charge is 2.42. The number of hydrogen-bond donors (Lipinski definition) is 4. The average molecular weight is 725 g/mol. The highest BCUT2D eigenvalue weighted by atomic mass is 32.2. The van der Waals surface area contributed by atoms with Crippen LogP contribution in [0, 0.1) is 23.3 Å². The summed E-state index contributed by atoms with van der Waals surface area (Å²) in [7, 11) is 0. The van der Waals surface area contributed by atoms with E-state index in [1.54, 1.807) is 0 Å². The van der Waals surface area contributed by atoms with E-state index in [2.05, 4.69) is 26.0 Å². The molecular weight excluding hydrogens is 680 g/mol. The van der Waals surface area contributed by atoms with E-state index < -0.39 is 47.5 Å². The van der Waals surface area contributed by atoms with Crippen LogP contribution >= 0.6 is 11.8 Å². The summed E-state index contributed by atoms with van der Waals surface area (Å²) in [5, 5.41) is 11.8. The normalized spacial score (nSPS) is 18.8. The standard InChI is InChI=1S/C31H44F4N4O9S/c1-2-21(37-24(40)6-4-3-5-23-28-22(18-49-23)38-31(43)39-28)30(42)36-8-10-45-12-14-47-16-15-46-13-11-44-9-7-25(41)48-29-26(34)19(32)17-20(33)27(29)35/h17,21-23,28H,2-16,18H2,1H3,(H,36,42)(H,37,40)(H2,38,39,43)/t21-,22-,23-,28+/m0/s1. The molecule has 4 amide bonds. The summed E-state index contributed by atoms with van der Waals surface area (Å²) in [6.07, 6.45) is 2.86. The van der Waals surface area contributed by atoms with Crippen molar-refractivity contribution in [1.82, 2.24) is 21.3 Å². The molecule has 2 saturated heterocycles. The predicted molar refractivity (Wildman–Crippen MR) is 169 cm³/mol. The molecule has 0 saturated carbocycles. The Kier molecular flexibility index (Phi) is 17.9. The lowest BCUT2D eigenvalue weighted by molar-refractivity contribution is -0.136. The SMILES string of the molecule is CC[C@H](NC(=O)CCCC[C@@H]1SC[C@@H]2NC(=O)N[C@H]21)C(=O)NCCOCCOCCOCCOCCC(=O)Oc1c(F)c(F)cc(F)c1F. The monoisotopic (exact) mass is 724 g/mol. The molecule has 2 aliphatic rings. The Labute approximate surface area is 286 Å². The minimum Gasteiger partial charge on any atom is -0.420 e. The molecule has 0 unspecified atom stereocenters. The number of ether oxygens (including phenoxy) is 5. The van der Waals surface area contributed by atoms with E-state index in [1.165, 1.54) is 0 Å². The first-order valence-electron chi connectivity index (χ1n) is 16.2. The second kappa shape index (κ2) is 21.8. The number of thioether (sulfide) groups is 1. The Balaban J connectivity index is 1.09. The van der Waals surface area contributed by atoms with E-state index in [1.807, 2.05) is 18.7 Å². The number of unbranched alkanes of at least 4 members (excludes halogenated alkanes) is 1. The van der Waals surface area contributed by atoms with E-state index in [9.17, 15) is 36.7 Å². The second-order valence-electron chi connectivity index (χ2n) is 11.2. The molecule has 0 bridgehead atoms. The molecule has 0 radical (unpaired) electrons. The molecule has 13 nitrogen and oxygen atoms in total. The third-order valence-electron chi connectivity index (χ3n) is 7.54. The Hall–Kier alpha value is -3.19. The van der Waals surface area contributed by atoms with Crippen LogP contribution in [0.4, 0.5) is 22.4 Å². The van der Waals surface area contributed by atoms with Gasteiger partial charge in [-0.3, -0.25) is 14.4 Å². The maximum Gasteiger partial charge on any atom is 0.315 e. The molecule has 0 aliphatic carbocycles. The lowest BCUT2D eigenvalue weighted by Gasteiger charge is -2.18. The highest BCUT2D eigenvalue weighted by molar-refractivity contribution is 8.00. The van der Waals surface area contributed by atoms with Gasteiger partial charge < -0.3 is 45.0 Å². The molecule has 4 N–H and O–H groups in total. The lowest BCUT2D eigenvalue weighted by Crippen LogP contribution is -2.47. The zero-order chi connectivity index (χ0) is 35.6. The number of benzene rings is 1. The van der Waals surface area contributed by atoms with Crippen molar-refractivity contribution in [2.45, 2.75) is 68.8 Å². The van der Waals surface area contributed by atoms with Gasteiger partial charge in [-0.15, -0.1) is 0 Å². The average Bonchev–Trinajstić information content (AvgIpc) is 3.63. The van der Waals surface area contributed by atoms with Crippen LogP contribution in [0.5, 0.6) is 5.75 Å². The fraction of sp³-hybridized carbons (Fsp3) is 0.677. The fourth-order valence-corrected chi connectivity index (χ4v) is 6.53. The first-order valence-corrected chi connectivity index (χ1v) is 17.3. The highest BCUT2D eigenvalue weighted by Crippen LogP contribution is 2.33. The van der Waals surface area contributed by atoms with Gasteiger partial charge in [0.1, 0.15) is 6.04 Å². The summed E-state index contributed by atoms with van der Waals surface area (Å²) in [5.74, 6) is -9.11. The van der Waals surface area contributed by atoms with Gasteiger partial charge in [-0.05, 0) is 19.3 Å². The van der Waals surface area contributed by atoms with Gasteiger partial charge >= 0.3 is 12.0 Å². The number of amides is 4. The van der Waals surface area contributed by atoms with Crippen molar-refractivity contribution in [3.63, 3.8) is 0 Å². The van der Waals surface area contributed by atoms with E-state index in [-0.39, 0.29) is 82.2 Å². The molecular formula is C31H44F4N4O9S. The van der Waals surface area contributed by atoms with Crippen LogP contribution < -0.4 is 26.0 Å². The number of esters is 1. The van der Waals surface area contributed by atoms with Crippen LogP contribution in [0.3, 0.4) is 0 Å². The summed E-state index contributed by atoms with van der Waals surface area (Å²) in [4.78, 5) is 48.0. The van der Waals surface area contributed by atoms with E-state index in [4.69, 9.17) is 18.9 Å². The van der Waals surface area contributed by atoms with Crippen molar-refractivity contribution in [3.05, 3.63) is 29.3 Å². The van der Waals surface area contributed by atoms with Gasteiger partial charge in [-0.25, -0.2) is 13.6 Å². The van der Waals surface area contributed by atoms with Crippen molar-refractivity contribution < 1.29 is 60.4 Å². The molecule has 1 aromatic rings. The Morgan fingerprint density at radius 3 is 2.12 bits per heavy atom. The summed E-state index contributed by atoms with van der Waals surface area (Å²) in [6, 6.07) is -0.395. The van der Waals surface area contributed by atoms with Crippen LogP contribution in [0.1, 0.15) is 45.4 Å².